The van der Waals surface area contributed by atoms with Crippen molar-refractivity contribution in [2.75, 3.05) is 13.7 Å². The molecule has 0 radical (unpaired) electrons. The summed E-state index contributed by atoms with van der Waals surface area (Å²) in [6, 6.07) is 3.48. The Hall–Kier alpha value is -3.23. The maximum absolute atomic E-state index is 12.3. The van der Waals surface area contributed by atoms with Crippen LogP contribution in [0.4, 0.5) is 4.79 Å². The molecule has 0 unspecified atom stereocenters. The Bertz CT molecular complexity index is 762. The van der Waals surface area contributed by atoms with E-state index in [4.69, 9.17) is 19.3 Å². The number of amides is 2. The van der Waals surface area contributed by atoms with Crippen molar-refractivity contribution in [2.45, 2.75) is 26.0 Å². The van der Waals surface area contributed by atoms with Crippen molar-refractivity contribution in [3.63, 3.8) is 0 Å². The number of esters is 1. The third-order valence-electron chi connectivity index (χ3n) is 4.01. The first kappa shape index (κ1) is 20.1. The number of carboxylic acid groups (broad SMARTS) is 1. The summed E-state index contributed by atoms with van der Waals surface area (Å²) in [5.41, 5.74) is 0.775. The van der Waals surface area contributed by atoms with Crippen LogP contribution in [0.5, 0.6) is 11.5 Å². The number of methoxy groups -OCH3 is 1. The fourth-order valence-electron chi connectivity index (χ4n) is 2.69. The van der Waals surface area contributed by atoms with E-state index in [0.717, 1.165) is 0 Å². The molecule has 0 aliphatic carbocycles. The summed E-state index contributed by atoms with van der Waals surface area (Å²) < 4.78 is 15.7. The summed E-state index contributed by atoms with van der Waals surface area (Å²) >= 11 is 0. The second-order valence-corrected chi connectivity index (χ2v) is 5.84. The van der Waals surface area contributed by atoms with Crippen molar-refractivity contribution < 1.29 is 33.7 Å². The third-order valence-corrected chi connectivity index (χ3v) is 4.01. The van der Waals surface area contributed by atoms with Gasteiger partial charge in [-0.15, -0.1) is 0 Å². The van der Waals surface area contributed by atoms with E-state index in [-0.39, 0.29) is 23.8 Å². The van der Waals surface area contributed by atoms with Gasteiger partial charge in [0.05, 0.1) is 19.8 Å². The lowest BCUT2D eigenvalue weighted by Crippen LogP contribution is -2.51. The van der Waals surface area contributed by atoms with Crippen molar-refractivity contribution in [2.24, 2.45) is 5.92 Å². The Balaban J connectivity index is 2.38. The molecule has 0 aromatic heterocycles. The van der Waals surface area contributed by atoms with Gasteiger partial charge in [0.15, 0.2) is 17.6 Å². The first-order valence-corrected chi connectivity index (χ1v) is 8.28. The molecule has 1 aliphatic rings. The smallest absolute Gasteiger partial charge is 0.344 e. The zero-order valence-corrected chi connectivity index (χ0v) is 15.3. The summed E-state index contributed by atoms with van der Waals surface area (Å²) in [6.45, 7) is 7.01. The molecule has 146 valence electrons. The highest BCUT2D eigenvalue weighted by atomic mass is 16.5. The normalized spacial score (nSPS) is 20.1. The van der Waals surface area contributed by atoms with Crippen LogP contribution in [0, 0.1) is 5.92 Å². The number of benzene rings is 1. The van der Waals surface area contributed by atoms with Crippen LogP contribution in [-0.2, 0) is 14.3 Å². The van der Waals surface area contributed by atoms with Crippen LogP contribution >= 0.6 is 0 Å². The largest absolute Gasteiger partial charge is 0.493 e. The van der Waals surface area contributed by atoms with Gasteiger partial charge in [-0.2, -0.15) is 0 Å². The van der Waals surface area contributed by atoms with Gasteiger partial charge < -0.3 is 30.0 Å². The minimum atomic E-state index is -1.12. The van der Waals surface area contributed by atoms with E-state index in [2.05, 4.69) is 17.2 Å². The average Bonchev–Trinajstić information content (AvgIpc) is 2.61. The lowest BCUT2D eigenvalue weighted by atomic mass is 9.89. The number of carboxylic acids is 1. The molecule has 1 fully saturated rings. The van der Waals surface area contributed by atoms with Crippen molar-refractivity contribution in [1.82, 2.24) is 10.6 Å². The number of ether oxygens (including phenoxy) is 3. The average molecular weight is 378 g/mol. The number of rotatable bonds is 7. The van der Waals surface area contributed by atoms with Crippen molar-refractivity contribution in [3.8, 4) is 11.5 Å². The molecule has 2 rings (SSSR count). The number of carbonyl (C=O) groups is 3. The predicted molar refractivity (Wildman–Crippen MR) is 94.4 cm³/mol. The van der Waals surface area contributed by atoms with Gasteiger partial charge in [0, 0.05) is 5.70 Å². The van der Waals surface area contributed by atoms with E-state index in [1.54, 1.807) is 19.1 Å². The second-order valence-electron chi connectivity index (χ2n) is 5.84. The molecule has 3 atom stereocenters. The first-order chi connectivity index (χ1) is 12.8. The fourth-order valence-corrected chi connectivity index (χ4v) is 2.69. The zero-order valence-electron chi connectivity index (χ0n) is 15.3. The van der Waals surface area contributed by atoms with Gasteiger partial charge in [0.1, 0.15) is 5.92 Å². The summed E-state index contributed by atoms with van der Waals surface area (Å²) in [5.74, 6) is -1.99. The Kier molecular flexibility index (Phi) is 6.27. The van der Waals surface area contributed by atoms with E-state index in [1.807, 2.05) is 0 Å². The van der Waals surface area contributed by atoms with E-state index in [9.17, 15) is 14.4 Å². The predicted octanol–water partition coefficient (Wildman–Crippen LogP) is 1.59. The molecule has 1 heterocycles. The van der Waals surface area contributed by atoms with Crippen molar-refractivity contribution in [3.05, 3.63) is 36.0 Å². The van der Waals surface area contributed by atoms with E-state index < -0.39 is 36.0 Å². The molecule has 0 spiro atoms. The summed E-state index contributed by atoms with van der Waals surface area (Å²) in [4.78, 5) is 35.2. The van der Waals surface area contributed by atoms with Gasteiger partial charge in [0.2, 0.25) is 0 Å². The molecule has 2 amide bonds. The van der Waals surface area contributed by atoms with Crippen LogP contribution in [0.2, 0.25) is 0 Å². The summed E-state index contributed by atoms with van der Waals surface area (Å²) in [5, 5.41) is 14.1. The van der Waals surface area contributed by atoms with Crippen molar-refractivity contribution in [1.29, 1.82) is 0 Å². The Morgan fingerprint density at radius 1 is 1.33 bits per heavy atom. The Labute approximate surface area is 156 Å². The Morgan fingerprint density at radius 3 is 2.63 bits per heavy atom. The highest BCUT2D eigenvalue weighted by Crippen LogP contribution is 2.36. The van der Waals surface area contributed by atoms with Gasteiger partial charge >= 0.3 is 18.0 Å². The van der Waals surface area contributed by atoms with Crippen LogP contribution in [0.25, 0.3) is 0 Å². The lowest BCUT2D eigenvalue weighted by Gasteiger charge is -2.33. The lowest BCUT2D eigenvalue weighted by molar-refractivity contribution is -0.148. The SMILES string of the molecule is C=C1NC(=O)N[C@H](c2ccc(O[C@H](C)C(=O)O)c(OC)c2)[C@@H]1C(=O)OCC. The van der Waals surface area contributed by atoms with Crippen molar-refractivity contribution >= 4 is 18.0 Å². The number of carbonyl (C=O) groups excluding carboxylic acids is 2. The molecule has 9 nitrogen and oxygen atoms in total. The molecule has 3 N–H and O–H groups in total. The van der Waals surface area contributed by atoms with Crippen LogP contribution < -0.4 is 20.1 Å². The molecule has 1 aliphatic heterocycles. The van der Waals surface area contributed by atoms with E-state index in [1.165, 1.54) is 20.1 Å². The minimum Gasteiger partial charge on any atom is -0.493 e. The summed E-state index contributed by atoms with van der Waals surface area (Å²) in [6.07, 6.45) is -1.07. The number of aliphatic carboxylic acids is 1. The third kappa shape index (κ3) is 4.49. The quantitative estimate of drug-likeness (QED) is 0.616. The summed E-state index contributed by atoms with van der Waals surface area (Å²) in [7, 11) is 1.40. The van der Waals surface area contributed by atoms with Crippen LogP contribution in [0.3, 0.4) is 0 Å². The van der Waals surface area contributed by atoms with Crippen LogP contribution in [0.15, 0.2) is 30.5 Å². The molecule has 1 aromatic rings. The van der Waals surface area contributed by atoms with Crippen LogP contribution in [0.1, 0.15) is 25.5 Å². The van der Waals surface area contributed by atoms with Gasteiger partial charge in [-0.3, -0.25) is 4.79 Å². The number of urea groups is 1. The maximum atomic E-state index is 12.3. The topological polar surface area (TPSA) is 123 Å². The number of nitrogens with one attached hydrogen (secondary N) is 2. The molecule has 0 bridgehead atoms. The van der Waals surface area contributed by atoms with Gasteiger partial charge in [-0.1, -0.05) is 12.6 Å². The van der Waals surface area contributed by atoms with E-state index >= 15 is 0 Å². The highest BCUT2D eigenvalue weighted by molar-refractivity contribution is 5.85. The standard InChI is InChI=1S/C18H22N2O7/c1-5-26-17(23)14-9(2)19-18(24)20-15(14)11-6-7-12(13(8-11)25-4)27-10(3)16(21)22/h6-8,10,14-15H,2,5H2,1,3-4H3,(H,21,22)(H2,19,20,24)/t10-,14-,15-/m1/s1. The highest BCUT2D eigenvalue weighted by Gasteiger charge is 2.39. The van der Waals surface area contributed by atoms with Gasteiger partial charge in [-0.05, 0) is 31.5 Å². The minimum absolute atomic E-state index is 0.187. The molecule has 27 heavy (non-hydrogen) atoms. The molecule has 9 heteroatoms. The molecule has 1 aromatic carbocycles. The molecular weight excluding hydrogens is 356 g/mol. The number of hydrogen-bond acceptors (Lipinski definition) is 6. The monoisotopic (exact) mass is 378 g/mol. The number of hydrogen-bond donors (Lipinski definition) is 3. The van der Waals surface area contributed by atoms with Gasteiger partial charge in [0.25, 0.3) is 0 Å². The maximum Gasteiger partial charge on any atom is 0.344 e. The van der Waals surface area contributed by atoms with Gasteiger partial charge in [-0.25, -0.2) is 9.59 Å². The first-order valence-electron chi connectivity index (χ1n) is 8.28. The molecule has 0 saturated carbocycles. The van der Waals surface area contributed by atoms with Crippen LogP contribution in [-0.4, -0.2) is 42.9 Å². The Morgan fingerprint density at radius 2 is 2.04 bits per heavy atom. The zero-order chi connectivity index (χ0) is 20.1. The van der Waals surface area contributed by atoms with E-state index in [0.29, 0.717) is 5.56 Å². The second kappa shape index (κ2) is 8.43. The molecular formula is C18H22N2O7. The molecule has 1 saturated heterocycles. The fraction of sp³-hybridized carbons (Fsp3) is 0.389.